The minimum Gasteiger partial charge on any atom is -0.376 e. The molecule has 2 rings (SSSR count). The van der Waals surface area contributed by atoms with Gasteiger partial charge in [-0.3, -0.25) is 4.79 Å². The number of benzene rings is 1. The average molecular weight is 313 g/mol. The van der Waals surface area contributed by atoms with Crippen LogP contribution in [0.5, 0.6) is 0 Å². The van der Waals surface area contributed by atoms with Gasteiger partial charge in [-0.05, 0) is 31.7 Å². The predicted molar refractivity (Wildman–Crippen MR) is 86.4 cm³/mol. The zero-order valence-corrected chi connectivity index (χ0v) is 13.3. The van der Waals surface area contributed by atoms with E-state index >= 15 is 0 Å². The molecule has 1 aliphatic rings. The second-order valence-corrected chi connectivity index (χ2v) is 5.52. The summed E-state index contributed by atoms with van der Waals surface area (Å²) in [7, 11) is 0. The topological polar surface area (TPSA) is 64.4 Å². The molecule has 1 aliphatic heterocycles. The van der Waals surface area contributed by atoms with Gasteiger partial charge in [0.25, 0.3) is 0 Å². The molecule has 0 saturated carbocycles. The maximum Gasteiger partial charge on any atom is 0.220 e. The lowest BCUT2D eigenvalue weighted by molar-refractivity contribution is -0.123. The fourth-order valence-electron chi connectivity index (χ4n) is 2.52. The summed E-state index contributed by atoms with van der Waals surface area (Å²) in [5.74, 6) is 0.0478. The van der Waals surface area contributed by atoms with Gasteiger partial charge in [0.05, 0.1) is 12.1 Å². The maximum atomic E-state index is 12.1. The smallest absolute Gasteiger partial charge is 0.220 e. The fraction of sp³-hybridized carbons (Fsp3) is 0.562. The van der Waals surface area contributed by atoms with Crippen molar-refractivity contribution in [3.05, 3.63) is 35.9 Å². The molecule has 0 radical (unpaired) electrons. The molecule has 1 fully saturated rings. The molecule has 1 aromatic rings. The van der Waals surface area contributed by atoms with Gasteiger partial charge in [0.1, 0.15) is 0 Å². The third kappa shape index (κ3) is 5.65. The number of halogens is 1. The van der Waals surface area contributed by atoms with Crippen molar-refractivity contribution in [1.29, 1.82) is 0 Å². The van der Waals surface area contributed by atoms with E-state index in [1.165, 1.54) is 0 Å². The molecule has 1 amide bonds. The Morgan fingerprint density at radius 2 is 2.14 bits per heavy atom. The van der Waals surface area contributed by atoms with Gasteiger partial charge in [-0.1, -0.05) is 30.3 Å². The van der Waals surface area contributed by atoms with E-state index in [0.717, 1.165) is 25.0 Å². The van der Waals surface area contributed by atoms with Crippen LogP contribution in [0.15, 0.2) is 30.3 Å². The molecular weight excluding hydrogens is 288 g/mol. The summed E-state index contributed by atoms with van der Waals surface area (Å²) in [6, 6.07) is 10.0. The van der Waals surface area contributed by atoms with Crippen molar-refractivity contribution in [3.63, 3.8) is 0 Å². The summed E-state index contributed by atoms with van der Waals surface area (Å²) >= 11 is 0. The average Bonchev–Trinajstić information content (AvgIpc) is 2.97. The highest BCUT2D eigenvalue weighted by Crippen LogP contribution is 2.27. The molecule has 3 N–H and O–H groups in total. The Bertz CT molecular complexity index is 420. The molecule has 1 aromatic carbocycles. The van der Waals surface area contributed by atoms with Crippen LogP contribution in [0, 0.1) is 0 Å². The molecule has 0 bridgehead atoms. The number of hydrogen-bond donors (Lipinski definition) is 2. The number of nitrogens with one attached hydrogen (secondary N) is 1. The molecule has 0 aliphatic carbocycles. The second-order valence-electron chi connectivity index (χ2n) is 5.52. The first-order chi connectivity index (χ1) is 9.66. The molecule has 21 heavy (non-hydrogen) atoms. The summed E-state index contributed by atoms with van der Waals surface area (Å²) in [4.78, 5) is 12.1. The van der Waals surface area contributed by atoms with Crippen molar-refractivity contribution in [1.82, 2.24) is 5.32 Å². The normalized spacial score (nSPS) is 20.4. The summed E-state index contributed by atoms with van der Waals surface area (Å²) in [6.45, 7) is 2.70. The minimum atomic E-state index is -0.0562. The van der Waals surface area contributed by atoms with Gasteiger partial charge in [0, 0.05) is 19.1 Å². The van der Waals surface area contributed by atoms with Crippen LogP contribution in [-0.4, -0.2) is 24.7 Å². The molecule has 3 unspecified atom stereocenters. The molecule has 1 heterocycles. The number of carbonyl (C=O) groups excluding carboxylic acids is 1. The van der Waals surface area contributed by atoms with E-state index < -0.39 is 0 Å². The standard InChI is InChI=1S/C16H24N2O2.ClH/c1-12(17)9-10-15(19)18-16(14-8-5-11-20-14)13-6-3-2-4-7-13;/h2-4,6-7,12,14,16H,5,8-11,17H2,1H3,(H,18,19);1H. The van der Waals surface area contributed by atoms with E-state index in [-0.39, 0.29) is 36.5 Å². The van der Waals surface area contributed by atoms with Crippen LogP contribution in [-0.2, 0) is 9.53 Å². The van der Waals surface area contributed by atoms with Gasteiger partial charge in [-0.25, -0.2) is 0 Å². The Labute approximate surface area is 132 Å². The molecule has 1 saturated heterocycles. The van der Waals surface area contributed by atoms with Gasteiger partial charge in [0.15, 0.2) is 0 Å². The van der Waals surface area contributed by atoms with Crippen molar-refractivity contribution in [2.24, 2.45) is 5.73 Å². The molecular formula is C16H25ClN2O2. The zero-order valence-electron chi connectivity index (χ0n) is 12.5. The fourth-order valence-corrected chi connectivity index (χ4v) is 2.52. The highest BCUT2D eigenvalue weighted by molar-refractivity contribution is 5.85. The van der Waals surface area contributed by atoms with Crippen LogP contribution in [0.1, 0.15) is 44.2 Å². The van der Waals surface area contributed by atoms with Crippen molar-refractivity contribution < 1.29 is 9.53 Å². The van der Waals surface area contributed by atoms with Crippen molar-refractivity contribution >= 4 is 18.3 Å². The molecule has 118 valence electrons. The van der Waals surface area contributed by atoms with E-state index in [1.807, 2.05) is 37.3 Å². The summed E-state index contributed by atoms with van der Waals surface area (Å²) < 4.78 is 5.76. The minimum absolute atomic E-state index is 0. The summed E-state index contributed by atoms with van der Waals surface area (Å²) in [6.07, 6.45) is 3.31. The Hall–Kier alpha value is -1.10. The van der Waals surface area contributed by atoms with Crippen molar-refractivity contribution in [2.75, 3.05) is 6.61 Å². The number of hydrogen-bond acceptors (Lipinski definition) is 3. The largest absolute Gasteiger partial charge is 0.376 e. The molecule has 3 atom stereocenters. The lowest BCUT2D eigenvalue weighted by Crippen LogP contribution is -2.36. The van der Waals surface area contributed by atoms with Crippen molar-refractivity contribution in [3.8, 4) is 0 Å². The third-order valence-electron chi connectivity index (χ3n) is 3.64. The summed E-state index contributed by atoms with van der Waals surface area (Å²) in [5.41, 5.74) is 6.81. The summed E-state index contributed by atoms with van der Waals surface area (Å²) in [5, 5.41) is 3.11. The number of rotatable bonds is 6. The van der Waals surface area contributed by atoms with E-state index in [2.05, 4.69) is 5.32 Å². The molecule has 5 heteroatoms. The van der Waals surface area contributed by atoms with Gasteiger partial charge in [-0.15, -0.1) is 12.4 Å². The molecule has 0 spiro atoms. The lowest BCUT2D eigenvalue weighted by Gasteiger charge is -2.25. The van der Waals surface area contributed by atoms with E-state index in [4.69, 9.17) is 10.5 Å². The zero-order chi connectivity index (χ0) is 14.4. The van der Waals surface area contributed by atoms with Crippen LogP contribution in [0.3, 0.4) is 0 Å². The number of nitrogens with two attached hydrogens (primary N) is 1. The Kier molecular flexibility index (Phi) is 7.72. The third-order valence-corrected chi connectivity index (χ3v) is 3.64. The van der Waals surface area contributed by atoms with Gasteiger partial charge in [0.2, 0.25) is 5.91 Å². The molecule has 0 aromatic heterocycles. The van der Waals surface area contributed by atoms with Crippen LogP contribution in [0.25, 0.3) is 0 Å². The quantitative estimate of drug-likeness (QED) is 0.848. The predicted octanol–water partition coefficient (Wildman–Crippen LogP) is 2.57. The first-order valence-electron chi connectivity index (χ1n) is 7.38. The number of amides is 1. The Morgan fingerprint density at radius 1 is 1.43 bits per heavy atom. The van der Waals surface area contributed by atoms with E-state index in [1.54, 1.807) is 0 Å². The van der Waals surface area contributed by atoms with Crippen LogP contribution in [0.2, 0.25) is 0 Å². The molecule has 4 nitrogen and oxygen atoms in total. The Morgan fingerprint density at radius 3 is 2.71 bits per heavy atom. The second kappa shape index (κ2) is 9.03. The maximum absolute atomic E-state index is 12.1. The number of carbonyl (C=O) groups is 1. The van der Waals surface area contributed by atoms with E-state index in [0.29, 0.717) is 12.8 Å². The first-order valence-corrected chi connectivity index (χ1v) is 7.38. The van der Waals surface area contributed by atoms with Gasteiger partial charge < -0.3 is 15.8 Å². The van der Waals surface area contributed by atoms with Crippen LogP contribution in [0.4, 0.5) is 0 Å². The first kappa shape index (κ1) is 18.0. The van der Waals surface area contributed by atoms with Gasteiger partial charge in [-0.2, -0.15) is 0 Å². The highest BCUT2D eigenvalue weighted by atomic mass is 35.5. The van der Waals surface area contributed by atoms with E-state index in [9.17, 15) is 4.79 Å². The Balaban J connectivity index is 0.00000220. The highest BCUT2D eigenvalue weighted by Gasteiger charge is 2.28. The van der Waals surface area contributed by atoms with Crippen LogP contribution < -0.4 is 11.1 Å². The van der Waals surface area contributed by atoms with Crippen LogP contribution >= 0.6 is 12.4 Å². The monoisotopic (exact) mass is 312 g/mol. The van der Waals surface area contributed by atoms with Gasteiger partial charge >= 0.3 is 0 Å². The SMILES string of the molecule is CC(N)CCC(=O)NC(c1ccccc1)C1CCCO1.Cl. The van der Waals surface area contributed by atoms with Crippen molar-refractivity contribution in [2.45, 2.75) is 50.8 Å². The number of ether oxygens (including phenoxy) is 1. The lowest BCUT2D eigenvalue weighted by atomic mass is 9.99.